The van der Waals surface area contributed by atoms with Gasteiger partial charge in [0.15, 0.2) is 0 Å². The Balaban J connectivity index is 1.68. The number of benzene rings is 1. The van der Waals surface area contributed by atoms with E-state index in [9.17, 15) is 9.59 Å². The van der Waals surface area contributed by atoms with Gasteiger partial charge in [-0.15, -0.1) is 10.2 Å². The molecule has 1 fully saturated rings. The van der Waals surface area contributed by atoms with Gasteiger partial charge >= 0.3 is 0 Å². The summed E-state index contributed by atoms with van der Waals surface area (Å²) in [6.45, 7) is 2.36. The number of aromatic nitrogens is 2. The van der Waals surface area contributed by atoms with Gasteiger partial charge in [0.2, 0.25) is 16.9 Å². The molecule has 8 heteroatoms. The van der Waals surface area contributed by atoms with Crippen molar-refractivity contribution in [3.05, 3.63) is 33.7 Å². The van der Waals surface area contributed by atoms with Crippen LogP contribution in [0.2, 0.25) is 0 Å². The Kier molecular flexibility index (Phi) is 4.72. The topological polar surface area (TPSA) is 75.2 Å². The van der Waals surface area contributed by atoms with Gasteiger partial charge in [-0.25, -0.2) is 0 Å². The summed E-state index contributed by atoms with van der Waals surface area (Å²) in [6.07, 6.45) is 0.990. The fraction of sp³-hybridized carbons (Fsp3) is 0.333. The number of anilines is 2. The first-order chi connectivity index (χ1) is 11.1. The highest BCUT2D eigenvalue weighted by Gasteiger charge is 2.35. The second kappa shape index (κ2) is 6.76. The molecule has 1 saturated heterocycles. The van der Waals surface area contributed by atoms with E-state index in [4.69, 9.17) is 0 Å². The van der Waals surface area contributed by atoms with Crippen molar-refractivity contribution in [2.24, 2.45) is 5.92 Å². The third-order valence-corrected chi connectivity index (χ3v) is 5.09. The molecule has 1 atom stereocenters. The van der Waals surface area contributed by atoms with Crippen LogP contribution in [0, 0.1) is 5.92 Å². The monoisotopic (exact) mass is 394 g/mol. The largest absolute Gasteiger partial charge is 0.312 e. The standard InChI is InChI=1S/C15H15BrN4O2S/c1-2-12-18-19-15(23-12)17-14(22)9-6-13(21)20(8-9)11-5-3-4-10(16)7-11/h3-5,7,9H,2,6,8H2,1H3,(H,17,19,22)/t9-/m0/s1. The van der Waals surface area contributed by atoms with Crippen LogP contribution < -0.4 is 10.2 Å². The summed E-state index contributed by atoms with van der Waals surface area (Å²) in [7, 11) is 0. The lowest BCUT2D eigenvalue weighted by Crippen LogP contribution is -2.28. The molecule has 2 aromatic rings. The number of halogens is 1. The number of rotatable bonds is 4. The highest BCUT2D eigenvalue weighted by molar-refractivity contribution is 9.10. The smallest absolute Gasteiger partial charge is 0.231 e. The van der Waals surface area contributed by atoms with E-state index >= 15 is 0 Å². The zero-order valence-electron chi connectivity index (χ0n) is 12.5. The van der Waals surface area contributed by atoms with Crippen LogP contribution in [0.15, 0.2) is 28.7 Å². The molecule has 0 aliphatic carbocycles. The molecule has 1 aliphatic heterocycles. The number of aryl methyl sites for hydroxylation is 1. The minimum atomic E-state index is -0.379. The van der Waals surface area contributed by atoms with E-state index in [0.717, 1.165) is 21.6 Å². The number of hydrogen-bond donors (Lipinski definition) is 1. The third-order valence-electron chi connectivity index (χ3n) is 3.62. The molecule has 2 amide bonds. The normalized spacial score (nSPS) is 17.6. The Labute approximate surface area is 146 Å². The van der Waals surface area contributed by atoms with Crippen molar-refractivity contribution < 1.29 is 9.59 Å². The lowest BCUT2D eigenvalue weighted by molar-refractivity contribution is -0.122. The van der Waals surface area contributed by atoms with Crippen LogP contribution in [0.25, 0.3) is 0 Å². The zero-order chi connectivity index (χ0) is 16.4. The molecule has 3 rings (SSSR count). The number of amides is 2. The zero-order valence-corrected chi connectivity index (χ0v) is 14.9. The van der Waals surface area contributed by atoms with E-state index in [1.54, 1.807) is 4.90 Å². The van der Waals surface area contributed by atoms with Gasteiger partial charge in [-0.3, -0.25) is 9.59 Å². The fourth-order valence-corrected chi connectivity index (χ4v) is 3.50. The molecule has 1 aromatic heterocycles. The van der Waals surface area contributed by atoms with Crippen LogP contribution in [-0.2, 0) is 16.0 Å². The highest BCUT2D eigenvalue weighted by atomic mass is 79.9. The van der Waals surface area contributed by atoms with E-state index < -0.39 is 0 Å². The lowest BCUT2D eigenvalue weighted by atomic mass is 10.1. The SMILES string of the molecule is CCc1nnc(NC(=O)[C@H]2CC(=O)N(c3cccc(Br)c3)C2)s1. The van der Waals surface area contributed by atoms with Crippen molar-refractivity contribution in [1.29, 1.82) is 0 Å². The summed E-state index contributed by atoms with van der Waals surface area (Å²) in [5.41, 5.74) is 0.795. The van der Waals surface area contributed by atoms with E-state index in [1.165, 1.54) is 11.3 Å². The van der Waals surface area contributed by atoms with E-state index in [0.29, 0.717) is 11.7 Å². The van der Waals surface area contributed by atoms with Crippen LogP contribution in [-0.4, -0.2) is 28.6 Å². The molecular formula is C15H15BrN4O2S. The Bertz CT molecular complexity index is 749. The number of nitrogens with zero attached hydrogens (tertiary/aromatic N) is 3. The first kappa shape index (κ1) is 16.1. The Hall–Kier alpha value is -1.80. The predicted octanol–water partition coefficient (Wildman–Crippen LogP) is 2.85. The summed E-state index contributed by atoms with van der Waals surface area (Å²) >= 11 is 4.76. The summed E-state index contributed by atoms with van der Waals surface area (Å²) < 4.78 is 0.900. The van der Waals surface area contributed by atoms with Crippen LogP contribution in [0.1, 0.15) is 18.4 Å². The number of hydrogen-bond acceptors (Lipinski definition) is 5. The van der Waals surface area contributed by atoms with Crippen molar-refractivity contribution in [2.75, 3.05) is 16.8 Å². The Morgan fingerprint density at radius 2 is 2.30 bits per heavy atom. The second-order valence-electron chi connectivity index (χ2n) is 5.23. The van der Waals surface area contributed by atoms with Crippen LogP contribution in [0.5, 0.6) is 0 Å². The van der Waals surface area contributed by atoms with Crippen molar-refractivity contribution in [2.45, 2.75) is 19.8 Å². The molecular weight excluding hydrogens is 380 g/mol. The molecule has 0 spiro atoms. The van der Waals surface area contributed by atoms with Gasteiger partial charge < -0.3 is 10.2 Å². The molecule has 6 nitrogen and oxygen atoms in total. The molecule has 0 radical (unpaired) electrons. The van der Waals surface area contributed by atoms with E-state index in [-0.39, 0.29) is 24.2 Å². The minimum absolute atomic E-state index is 0.0465. The van der Waals surface area contributed by atoms with E-state index in [1.807, 2.05) is 31.2 Å². The molecule has 0 saturated carbocycles. The molecule has 1 aliphatic rings. The maximum atomic E-state index is 12.3. The number of carbonyl (C=O) groups excluding carboxylic acids is 2. The predicted molar refractivity (Wildman–Crippen MR) is 92.5 cm³/mol. The summed E-state index contributed by atoms with van der Waals surface area (Å²) in [6, 6.07) is 7.50. The van der Waals surface area contributed by atoms with Crippen LogP contribution >= 0.6 is 27.3 Å². The molecule has 120 valence electrons. The average Bonchev–Trinajstić information content (AvgIpc) is 3.13. The van der Waals surface area contributed by atoms with Crippen LogP contribution in [0.3, 0.4) is 0 Å². The van der Waals surface area contributed by atoms with Crippen molar-refractivity contribution in [1.82, 2.24) is 10.2 Å². The van der Waals surface area contributed by atoms with Crippen molar-refractivity contribution in [3.8, 4) is 0 Å². The van der Waals surface area contributed by atoms with Gasteiger partial charge in [0, 0.05) is 23.1 Å². The molecule has 23 heavy (non-hydrogen) atoms. The Morgan fingerprint density at radius 1 is 1.48 bits per heavy atom. The first-order valence-corrected chi connectivity index (χ1v) is 8.87. The number of carbonyl (C=O) groups is 2. The van der Waals surface area contributed by atoms with Gasteiger partial charge in [0.05, 0.1) is 5.92 Å². The van der Waals surface area contributed by atoms with Crippen LogP contribution in [0.4, 0.5) is 10.8 Å². The Morgan fingerprint density at radius 3 is 3.00 bits per heavy atom. The number of nitrogens with one attached hydrogen (secondary N) is 1. The van der Waals surface area contributed by atoms with Gasteiger partial charge in [-0.05, 0) is 24.6 Å². The first-order valence-electron chi connectivity index (χ1n) is 7.26. The van der Waals surface area contributed by atoms with Crippen molar-refractivity contribution in [3.63, 3.8) is 0 Å². The summed E-state index contributed by atoms with van der Waals surface area (Å²) in [5, 5.41) is 12.0. The lowest BCUT2D eigenvalue weighted by Gasteiger charge is -2.16. The van der Waals surface area contributed by atoms with Crippen molar-refractivity contribution >= 4 is 49.9 Å². The molecule has 0 unspecified atom stereocenters. The maximum absolute atomic E-state index is 12.3. The van der Waals surface area contributed by atoms with Gasteiger partial charge in [-0.1, -0.05) is 40.3 Å². The van der Waals surface area contributed by atoms with Gasteiger partial charge in [-0.2, -0.15) is 0 Å². The summed E-state index contributed by atoms with van der Waals surface area (Å²) in [4.78, 5) is 26.2. The minimum Gasteiger partial charge on any atom is -0.312 e. The van der Waals surface area contributed by atoms with Gasteiger partial charge in [0.25, 0.3) is 0 Å². The molecule has 0 bridgehead atoms. The summed E-state index contributed by atoms with van der Waals surface area (Å²) in [5.74, 6) is -0.611. The third kappa shape index (κ3) is 3.59. The maximum Gasteiger partial charge on any atom is 0.231 e. The van der Waals surface area contributed by atoms with E-state index in [2.05, 4.69) is 31.4 Å². The fourth-order valence-electron chi connectivity index (χ4n) is 2.43. The molecule has 1 N–H and O–H groups in total. The molecule has 1 aromatic carbocycles. The second-order valence-corrected chi connectivity index (χ2v) is 7.21. The quantitative estimate of drug-likeness (QED) is 0.864. The molecule has 2 heterocycles. The van der Waals surface area contributed by atoms with Gasteiger partial charge in [0.1, 0.15) is 5.01 Å². The average molecular weight is 395 g/mol. The highest BCUT2D eigenvalue weighted by Crippen LogP contribution is 2.28.